The molecule has 1 unspecified atom stereocenters. The van der Waals surface area contributed by atoms with Crippen LogP contribution in [-0.2, 0) is 9.53 Å². The van der Waals surface area contributed by atoms with E-state index in [1.54, 1.807) is 32.9 Å². The highest BCUT2D eigenvalue weighted by Crippen LogP contribution is 2.21. The Hall–Kier alpha value is -1.42. The number of benzene rings is 1. The third-order valence-corrected chi connectivity index (χ3v) is 2.68. The molecule has 4 nitrogen and oxygen atoms in total. The molecule has 0 fully saturated rings. The minimum absolute atomic E-state index is 0.175. The first-order chi connectivity index (χ1) is 9.52. The minimum atomic E-state index is -0.636. The molecule has 0 spiro atoms. The van der Waals surface area contributed by atoms with E-state index in [0.29, 0.717) is 24.0 Å². The van der Waals surface area contributed by atoms with E-state index >= 15 is 0 Å². The van der Waals surface area contributed by atoms with Gasteiger partial charge in [0.25, 0.3) is 0 Å². The summed E-state index contributed by atoms with van der Waals surface area (Å²) in [6, 6.07) is 7.20. The lowest BCUT2D eigenvalue weighted by Crippen LogP contribution is -2.23. The van der Waals surface area contributed by atoms with Gasteiger partial charge in [-0.2, -0.15) is 0 Å². The number of carbonyl (C=O) groups excluding carboxylic acids is 1. The number of hydrogen-bond donors (Lipinski definition) is 0. The summed E-state index contributed by atoms with van der Waals surface area (Å²) in [5, 5.41) is 0. The van der Waals surface area contributed by atoms with Crippen molar-refractivity contribution in [2.24, 2.45) is 5.92 Å². The second kappa shape index (κ2) is 8.69. The molecular weight excluding hydrogens is 280 g/mol. The first kappa shape index (κ1) is 16.6. The fourth-order valence-corrected chi connectivity index (χ4v) is 1.51. The number of carbonyl (C=O) groups is 1. The topological polar surface area (TPSA) is 44.8 Å². The number of ether oxygens (including phenoxy) is 3. The molecule has 0 radical (unpaired) electrons. The summed E-state index contributed by atoms with van der Waals surface area (Å²) in [5.74, 6) is 1.41. The third kappa shape index (κ3) is 6.15. The maximum absolute atomic E-state index is 11.4. The van der Waals surface area contributed by atoms with Crippen molar-refractivity contribution in [3.05, 3.63) is 24.3 Å². The molecule has 5 heteroatoms. The van der Waals surface area contributed by atoms with Crippen molar-refractivity contribution in [3.8, 4) is 11.5 Å². The molecule has 0 N–H and O–H groups in total. The molecule has 1 rings (SSSR count). The first-order valence-electron chi connectivity index (χ1n) is 6.69. The average Bonchev–Trinajstić information content (AvgIpc) is 2.39. The number of alkyl halides is 1. The van der Waals surface area contributed by atoms with Gasteiger partial charge in [-0.05, 0) is 18.6 Å². The average molecular weight is 301 g/mol. The lowest BCUT2D eigenvalue weighted by Gasteiger charge is -2.17. The van der Waals surface area contributed by atoms with Crippen LogP contribution in [0, 0.1) is 5.92 Å². The smallest absolute Gasteiger partial charge is 0.311 e. The molecule has 0 bridgehead atoms. The molecule has 1 aromatic rings. The fourth-order valence-electron chi connectivity index (χ4n) is 1.40. The van der Waals surface area contributed by atoms with Gasteiger partial charge in [-0.25, -0.2) is 0 Å². The van der Waals surface area contributed by atoms with E-state index in [9.17, 15) is 4.79 Å². The van der Waals surface area contributed by atoms with Gasteiger partial charge in [-0.1, -0.05) is 19.9 Å². The van der Waals surface area contributed by atoms with E-state index < -0.39 is 6.29 Å². The van der Waals surface area contributed by atoms with Gasteiger partial charge < -0.3 is 14.2 Å². The van der Waals surface area contributed by atoms with Crippen LogP contribution in [-0.4, -0.2) is 24.7 Å². The van der Waals surface area contributed by atoms with Crippen molar-refractivity contribution in [1.29, 1.82) is 0 Å². The molecule has 0 aliphatic carbocycles. The summed E-state index contributed by atoms with van der Waals surface area (Å²) in [6.07, 6.45) is 0.151. The van der Waals surface area contributed by atoms with Crippen molar-refractivity contribution < 1.29 is 19.0 Å². The Morgan fingerprint density at radius 2 is 1.95 bits per heavy atom. The minimum Gasteiger partial charge on any atom is -0.493 e. The maximum atomic E-state index is 11.4. The SMILES string of the molecule is CC(OC(=O)C(C)C)Oc1cccc(OCCCCl)c1. The Bertz CT molecular complexity index is 420. The highest BCUT2D eigenvalue weighted by molar-refractivity contribution is 6.17. The van der Waals surface area contributed by atoms with Crippen LogP contribution in [0.15, 0.2) is 24.3 Å². The Morgan fingerprint density at radius 1 is 1.25 bits per heavy atom. The molecule has 20 heavy (non-hydrogen) atoms. The van der Waals surface area contributed by atoms with Crippen LogP contribution < -0.4 is 9.47 Å². The summed E-state index contributed by atoms with van der Waals surface area (Å²) < 4.78 is 16.2. The molecule has 0 amide bonds. The normalized spacial score (nSPS) is 12.1. The van der Waals surface area contributed by atoms with E-state index in [-0.39, 0.29) is 11.9 Å². The molecule has 1 aromatic carbocycles. The summed E-state index contributed by atoms with van der Waals surface area (Å²) in [6.45, 7) is 5.80. The third-order valence-electron chi connectivity index (χ3n) is 2.41. The summed E-state index contributed by atoms with van der Waals surface area (Å²) in [7, 11) is 0. The van der Waals surface area contributed by atoms with E-state index in [2.05, 4.69) is 0 Å². The summed E-state index contributed by atoms with van der Waals surface area (Å²) in [5.41, 5.74) is 0. The van der Waals surface area contributed by atoms with Gasteiger partial charge in [-0.3, -0.25) is 4.79 Å². The van der Waals surface area contributed by atoms with Crippen molar-refractivity contribution >= 4 is 17.6 Å². The largest absolute Gasteiger partial charge is 0.493 e. The lowest BCUT2D eigenvalue weighted by atomic mass is 10.2. The van der Waals surface area contributed by atoms with Crippen LogP contribution in [0.25, 0.3) is 0 Å². The zero-order valence-corrected chi connectivity index (χ0v) is 12.9. The zero-order chi connectivity index (χ0) is 15.0. The summed E-state index contributed by atoms with van der Waals surface area (Å²) >= 11 is 5.59. The first-order valence-corrected chi connectivity index (χ1v) is 7.22. The fraction of sp³-hybridized carbons (Fsp3) is 0.533. The quantitative estimate of drug-likeness (QED) is 0.318. The van der Waals surface area contributed by atoms with E-state index in [1.165, 1.54) is 0 Å². The molecule has 0 saturated heterocycles. The predicted molar refractivity (Wildman–Crippen MR) is 78.3 cm³/mol. The number of esters is 1. The van der Waals surface area contributed by atoms with E-state index in [0.717, 1.165) is 6.42 Å². The van der Waals surface area contributed by atoms with Crippen molar-refractivity contribution in [2.45, 2.75) is 33.5 Å². The molecule has 0 heterocycles. The maximum Gasteiger partial charge on any atom is 0.311 e. The van der Waals surface area contributed by atoms with Crippen LogP contribution in [0.2, 0.25) is 0 Å². The van der Waals surface area contributed by atoms with Gasteiger partial charge in [0.15, 0.2) is 0 Å². The number of rotatable bonds is 8. The second-order valence-electron chi connectivity index (χ2n) is 4.64. The van der Waals surface area contributed by atoms with Crippen molar-refractivity contribution in [3.63, 3.8) is 0 Å². The Balaban J connectivity index is 2.50. The van der Waals surface area contributed by atoms with E-state index in [1.807, 2.05) is 12.1 Å². The van der Waals surface area contributed by atoms with Gasteiger partial charge in [0.1, 0.15) is 11.5 Å². The monoisotopic (exact) mass is 300 g/mol. The van der Waals surface area contributed by atoms with Crippen LogP contribution >= 0.6 is 11.6 Å². The van der Waals surface area contributed by atoms with Crippen LogP contribution in [0.5, 0.6) is 11.5 Å². The van der Waals surface area contributed by atoms with Crippen LogP contribution in [0.1, 0.15) is 27.2 Å². The standard InChI is InChI=1S/C15H21ClO4/c1-11(2)15(17)20-12(3)19-14-7-4-6-13(10-14)18-9-5-8-16/h4,6-7,10-12H,5,8-9H2,1-3H3. The predicted octanol–water partition coefficient (Wildman–Crippen LogP) is 3.62. The van der Waals surface area contributed by atoms with Crippen LogP contribution in [0.4, 0.5) is 0 Å². The molecule has 0 saturated carbocycles. The number of halogens is 1. The molecule has 1 atom stereocenters. The summed E-state index contributed by atoms with van der Waals surface area (Å²) in [4.78, 5) is 11.4. The highest BCUT2D eigenvalue weighted by atomic mass is 35.5. The second-order valence-corrected chi connectivity index (χ2v) is 5.02. The Labute approximate surface area is 125 Å². The van der Waals surface area contributed by atoms with Crippen molar-refractivity contribution in [2.75, 3.05) is 12.5 Å². The molecular formula is C15H21ClO4. The molecule has 0 aromatic heterocycles. The van der Waals surface area contributed by atoms with Gasteiger partial charge in [0.05, 0.1) is 12.5 Å². The molecule has 0 aliphatic rings. The van der Waals surface area contributed by atoms with E-state index in [4.69, 9.17) is 25.8 Å². The van der Waals surface area contributed by atoms with Gasteiger partial charge >= 0.3 is 5.97 Å². The van der Waals surface area contributed by atoms with Crippen LogP contribution in [0.3, 0.4) is 0 Å². The van der Waals surface area contributed by atoms with Gasteiger partial charge in [0, 0.05) is 18.9 Å². The van der Waals surface area contributed by atoms with Gasteiger partial charge in [-0.15, -0.1) is 11.6 Å². The lowest BCUT2D eigenvalue weighted by molar-refractivity contribution is -0.165. The molecule has 112 valence electrons. The Kier molecular flexibility index (Phi) is 7.23. The van der Waals surface area contributed by atoms with Gasteiger partial charge in [0.2, 0.25) is 6.29 Å². The zero-order valence-electron chi connectivity index (χ0n) is 12.1. The molecule has 0 aliphatic heterocycles. The highest BCUT2D eigenvalue weighted by Gasteiger charge is 2.14. The Morgan fingerprint density at radius 3 is 2.60 bits per heavy atom. The van der Waals surface area contributed by atoms with Crippen molar-refractivity contribution in [1.82, 2.24) is 0 Å². The number of hydrogen-bond acceptors (Lipinski definition) is 4.